The van der Waals surface area contributed by atoms with Crippen LogP contribution in [0, 0.1) is 11.8 Å². The Balaban J connectivity index is 1.88. The average molecular weight is 211 g/mol. The normalized spacial score (nSPS) is 31.3. The van der Waals surface area contributed by atoms with Gasteiger partial charge in [-0.25, -0.2) is 0 Å². The summed E-state index contributed by atoms with van der Waals surface area (Å²) in [6.07, 6.45) is 3.67. The summed E-state index contributed by atoms with van der Waals surface area (Å²) in [5, 5.41) is 10.3. The number of carbonyl (C=O) groups excluding carboxylic acids is 1. The first-order valence-electron chi connectivity index (χ1n) is 6.01. The standard InChI is InChI=1S/C12H21NO2/c1-9(2)7-11(14)13-6-5-12(15,8-13)10-3-4-10/h9-10,15H,3-8H2,1-2H3. The number of hydrogen-bond donors (Lipinski definition) is 1. The quantitative estimate of drug-likeness (QED) is 0.766. The Morgan fingerprint density at radius 1 is 1.53 bits per heavy atom. The van der Waals surface area contributed by atoms with Crippen LogP contribution in [0.15, 0.2) is 0 Å². The van der Waals surface area contributed by atoms with E-state index in [0.29, 0.717) is 24.8 Å². The first kappa shape index (κ1) is 10.9. The highest BCUT2D eigenvalue weighted by Gasteiger charge is 2.48. The summed E-state index contributed by atoms with van der Waals surface area (Å²) in [4.78, 5) is 13.6. The molecule has 3 heteroatoms. The molecule has 86 valence electrons. The van der Waals surface area contributed by atoms with E-state index >= 15 is 0 Å². The van der Waals surface area contributed by atoms with E-state index in [4.69, 9.17) is 0 Å². The van der Waals surface area contributed by atoms with Crippen molar-refractivity contribution in [3.05, 3.63) is 0 Å². The third-order valence-electron chi connectivity index (χ3n) is 3.55. The average Bonchev–Trinajstić information content (AvgIpc) is 2.90. The lowest BCUT2D eigenvalue weighted by atomic mass is 9.97. The molecule has 2 rings (SSSR count). The molecule has 1 atom stereocenters. The van der Waals surface area contributed by atoms with Crippen LogP contribution in [0.3, 0.4) is 0 Å². The van der Waals surface area contributed by atoms with Crippen molar-refractivity contribution in [2.75, 3.05) is 13.1 Å². The Labute approximate surface area is 91.5 Å². The maximum absolute atomic E-state index is 11.8. The Hall–Kier alpha value is -0.570. The van der Waals surface area contributed by atoms with Crippen LogP contribution in [0.2, 0.25) is 0 Å². The molecule has 1 heterocycles. The topological polar surface area (TPSA) is 40.5 Å². The summed E-state index contributed by atoms with van der Waals surface area (Å²) in [5.41, 5.74) is -0.549. The molecule has 0 radical (unpaired) electrons. The molecule has 0 aromatic rings. The number of β-amino-alcohol motifs (C(OH)–C–C–N with tert-alkyl or cyclic N) is 1. The molecule has 1 saturated heterocycles. The van der Waals surface area contributed by atoms with E-state index in [1.807, 2.05) is 4.90 Å². The lowest BCUT2D eigenvalue weighted by Gasteiger charge is -2.23. The van der Waals surface area contributed by atoms with E-state index in [-0.39, 0.29) is 5.91 Å². The highest BCUT2D eigenvalue weighted by molar-refractivity contribution is 5.76. The Bertz CT molecular complexity index is 260. The van der Waals surface area contributed by atoms with Crippen LogP contribution in [0.25, 0.3) is 0 Å². The maximum atomic E-state index is 11.8. The van der Waals surface area contributed by atoms with Gasteiger partial charge in [-0.15, -0.1) is 0 Å². The number of likely N-dealkylation sites (tertiary alicyclic amines) is 1. The van der Waals surface area contributed by atoms with E-state index in [1.54, 1.807) is 0 Å². The highest BCUT2D eigenvalue weighted by Crippen LogP contribution is 2.44. The van der Waals surface area contributed by atoms with Crippen LogP contribution in [-0.4, -0.2) is 34.6 Å². The molecule has 1 unspecified atom stereocenters. The molecule has 1 N–H and O–H groups in total. The first-order chi connectivity index (χ1) is 7.01. The van der Waals surface area contributed by atoms with Gasteiger partial charge in [-0.3, -0.25) is 4.79 Å². The van der Waals surface area contributed by atoms with Crippen LogP contribution in [-0.2, 0) is 4.79 Å². The second-order valence-electron chi connectivity index (χ2n) is 5.54. The highest BCUT2D eigenvalue weighted by atomic mass is 16.3. The van der Waals surface area contributed by atoms with E-state index < -0.39 is 5.60 Å². The molecular formula is C12H21NO2. The molecule has 0 spiro atoms. The molecule has 1 amide bonds. The van der Waals surface area contributed by atoms with Gasteiger partial charge in [-0.2, -0.15) is 0 Å². The van der Waals surface area contributed by atoms with Crippen molar-refractivity contribution in [1.82, 2.24) is 4.90 Å². The van der Waals surface area contributed by atoms with Crippen molar-refractivity contribution >= 4 is 5.91 Å². The zero-order valence-electron chi connectivity index (χ0n) is 9.70. The molecule has 1 saturated carbocycles. The predicted octanol–water partition coefficient (Wildman–Crippen LogP) is 1.41. The Kier molecular flexibility index (Phi) is 2.75. The first-order valence-corrected chi connectivity index (χ1v) is 6.01. The van der Waals surface area contributed by atoms with Crippen molar-refractivity contribution in [2.45, 2.75) is 45.1 Å². The molecule has 0 aromatic carbocycles. The second-order valence-corrected chi connectivity index (χ2v) is 5.54. The molecule has 1 aliphatic carbocycles. The fraction of sp³-hybridized carbons (Fsp3) is 0.917. The molecule has 0 bridgehead atoms. The summed E-state index contributed by atoms with van der Waals surface area (Å²) in [7, 11) is 0. The van der Waals surface area contributed by atoms with Gasteiger partial charge in [0.25, 0.3) is 0 Å². The zero-order valence-corrected chi connectivity index (χ0v) is 9.70. The molecule has 2 fully saturated rings. The van der Waals surface area contributed by atoms with Gasteiger partial charge in [0.2, 0.25) is 5.91 Å². The largest absolute Gasteiger partial charge is 0.388 e. The third kappa shape index (κ3) is 2.33. The minimum Gasteiger partial charge on any atom is -0.388 e. The fourth-order valence-corrected chi connectivity index (χ4v) is 2.46. The van der Waals surface area contributed by atoms with Crippen LogP contribution in [0.1, 0.15) is 39.5 Å². The lowest BCUT2D eigenvalue weighted by Crippen LogP contribution is -2.38. The van der Waals surface area contributed by atoms with Gasteiger partial charge in [0.15, 0.2) is 0 Å². The van der Waals surface area contributed by atoms with Crippen LogP contribution in [0.5, 0.6) is 0 Å². The monoisotopic (exact) mass is 211 g/mol. The summed E-state index contributed by atoms with van der Waals surface area (Å²) < 4.78 is 0. The predicted molar refractivity (Wildman–Crippen MR) is 58.3 cm³/mol. The van der Waals surface area contributed by atoms with Gasteiger partial charge in [0.05, 0.1) is 5.60 Å². The Morgan fingerprint density at radius 3 is 2.73 bits per heavy atom. The number of amides is 1. The molecule has 1 aliphatic heterocycles. The summed E-state index contributed by atoms with van der Waals surface area (Å²) in [6, 6.07) is 0. The number of aliphatic hydroxyl groups is 1. The molecule has 2 aliphatic rings. The van der Waals surface area contributed by atoms with E-state index in [2.05, 4.69) is 13.8 Å². The van der Waals surface area contributed by atoms with Crippen LogP contribution < -0.4 is 0 Å². The molecule has 3 nitrogen and oxygen atoms in total. The fourth-order valence-electron chi connectivity index (χ4n) is 2.46. The van der Waals surface area contributed by atoms with Crippen molar-refractivity contribution in [2.24, 2.45) is 11.8 Å². The summed E-state index contributed by atoms with van der Waals surface area (Å²) in [6.45, 7) is 5.43. The van der Waals surface area contributed by atoms with Gasteiger partial charge < -0.3 is 10.0 Å². The molecule has 15 heavy (non-hydrogen) atoms. The SMILES string of the molecule is CC(C)CC(=O)N1CCC(O)(C2CC2)C1. The second kappa shape index (κ2) is 3.78. The molecular weight excluding hydrogens is 190 g/mol. The molecule has 0 aromatic heterocycles. The van der Waals surface area contributed by atoms with Crippen molar-refractivity contribution in [1.29, 1.82) is 0 Å². The maximum Gasteiger partial charge on any atom is 0.222 e. The number of rotatable bonds is 3. The zero-order chi connectivity index (χ0) is 11.1. The van der Waals surface area contributed by atoms with Gasteiger partial charge in [-0.05, 0) is 31.1 Å². The third-order valence-corrected chi connectivity index (χ3v) is 3.55. The number of hydrogen-bond acceptors (Lipinski definition) is 2. The smallest absolute Gasteiger partial charge is 0.222 e. The van der Waals surface area contributed by atoms with Gasteiger partial charge in [0.1, 0.15) is 0 Å². The van der Waals surface area contributed by atoms with Gasteiger partial charge >= 0.3 is 0 Å². The van der Waals surface area contributed by atoms with Gasteiger partial charge in [0, 0.05) is 19.5 Å². The van der Waals surface area contributed by atoms with Gasteiger partial charge in [-0.1, -0.05) is 13.8 Å². The van der Waals surface area contributed by atoms with Crippen LogP contribution in [0.4, 0.5) is 0 Å². The Morgan fingerprint density at radius 2 is 2.20 bits per heavy atom. The number of nitrogens with zero attached hydrogens (tertiary/aromatic N) is 1. The van der Waals surface area contributed by atoms with E-state index in [9.17, 15) is 9.90 Å². The van der Waals surface area contributed by atoms with E-state index in [1.165, 1.54) is 0 Å². The van der Waals surface area contributed by atoms with Crippen LogP contribution >= 0.6 is 0 Å². The lowest BCUT2D eigenvalue weighted by molar-refractivity contribution is -0.132. The summed E-state index contributed by atoms with van der Waals surface area (Å²) >= 11 is 0. The van der Waals surface area contributed by atoms with Crippen molar-refractivity contribution in [3.8, 4) is 0 Å². The minimum absolute atomic E-state index is 0.210. The van der Waals surface area contributed by atoms with Crippen molar-refractivity contribution < 1.29 is 9.90 Å². The van der Waals surface area contributed by atoms with E-state index in [0.717, 1.165) is 25.8 Å². The summed E-state index contributed by atoms with van der Waals surface area (Å²) in [5.74, 6) is 1.09. The number of carbonyl (C=O) groups is 1. The minimum atomic E-state index is -0.549. The van der Waals surface area contributed by atoms with Crippen molar-refractivity contribution in [3.63, 3.8) is 0 Å².